The normalized spacial score (nSPS) is 14.3. The first kappa shape index (κ1) is 23.0. The zero-order valence-corrected chi connectivity index (χ0v) is 19.7. The summed E-state index contributed by atoms with van der Waals surface area (Å²) in [7, 11) is 3.68. The monoisotopic (exact) mass is 468 g/mol. The molecule has 2 heterocycles. The van der Waals surface area contributed by atoms with E-state index < -0.39 is 0 Å². The van der Waals surface area contributed by atoms with Gasteiger partial charge in [-0.05, 0) is 55.9 Å². The highest BCUT2D eigenvalue weighted by Gasteiger charge is 2.21. The van der Waals surface area contributed by atoms with Crippen LogP contribution in [0.25, 0.3) is 10.2 Å². The predicted molar refractivity (Wildman–Crippen MR) is 129 cm³/mol. The number of nitrogens with one attached hydrogen (secondary N) is 1. The number of hydrogen-bond acceptors (Lipinski definition) is 7. The van der Waals surface area contributed by atoms with Crippen molar-refractivity contribution in [3.8, 4) is 11.5 Å². The van der Waals surface area contributed by atoms with Crippen LogP contribution in [0.1, 0.15) is 23.2 Å². The molecule has 2 amide bonds. The van der Waals surface area contributed by atoms with Crippen LogP contribution in [0.2, 0.25) is 0 Å². The van der Waals surface area contributed by atoms with E-state index in [2.05, 4.69) is 22.2 Å². The third-order valence-corrected chi connectivity index (χ3v) is 6.48. The lowest BCUT2D eigenvalue weighted by molar-refractivity contribution is -0.116. The zero-order valence-electron chi connectivity index (χ0n) is 18.9. The molecule has 0 unspecified atom stereocenters. The average molecular weight is 469 g/mol. The second kappa shape index (κ2) is 10.6. The van der Waals surface area contributed by atoms with Gasteiger partial charge in [0.05, 0.1) is 23.9 Å². The molecular weight excluding hydrogens is 440 g/mol. The van der Waals surface area contributed by atoms with Gasteiger partial charge in [0.2, 0.25) is 5.91 Å². The van der Waals surface area contributed by atoms with Crippen LogP contribution >= 0.6 is 11.3 Å². The molecule has 4 rings (SSSR count). The molecule has 174 valence electrons. The number of benzene rings is 2. The van der Waals surface area contributed by atoms with E-state index >= 15 is 0 Å². The van der Waals surface area contributed by atoms with Crippen molar-refractivity contribution in [2.45, 2.75) is 12.8 Å². The fraction of sp³-hybridized carbons (Fsp3) is 0.375. The van der Waals surface area contributed by atoms with E-state index in [4.69, 9.17) is 9.47 Å². The Morgan fingerprint density at radius 2 is 1.79 bits per heavy atom. The highest BCUT2D eigenvalue weighted by atomic mass is 32.1. The summed E-state index contributed by atoms with van der Waals surface area (Å²) in [6.45, 7) is 3.68. The van der Waals surface area contributed by atoms with Gasteiger partial charge in [-0.15, -0.1) is 0 Å². The summed E-state index contributed by atoms with van der Waals surface area (Å²) in [6.07, 6.45) is 0.922. The van der Waals surface area contributed by atoms with E-state index in [0.717, 1.165) is 47.9 Å². The zero-order chi connectivity index (χ0) is 23.2. The molecule has 0 spiro atoms. The minimum atomic E-state index is -0.110. The van der Waals surface area contributed by atoms with Crippen LogP contribution in [0.3, 0.4) is 0 Å². The lowest BCUT2D eigenvalue weighted by Crippen LogP contribution is -2.47. The molecule has 0 atom stereocenters. The fourth-order valence-electron chi connectivity index (χ4n) is 3.58. The summed E-state index contributed by atoms with van der Waals surface area (Å²) >= 11 is 1.38. The van der Waals surface area contributed by atoms with Crippen molar-refractivity contribution in [2.75, 3.05) is 52.3 Å². The molecule has 0 saturated carbocycles. The van der Waals surface area contributed by atoms with Gasteiger partial charge >= 0.3 is 0 Å². The molecular formula is C24H28N4O4S. The van der Waals surface area contributed by atoms with E-state index in [1.54, 1.807) is 7.11 Å². The smallest absolute Gasteiger partial charge is 0.253 e. The van der Waals surface area contributed by atoms with Crippen molar-refractivity contribution < 1.29 is 19.1 Å². The number of ether oxygens (including phenoxy) is 2. The van der Waals surface area contributed by atoms with Gasteiger partial charge < -0.3 is 24.6 Å². The number of carbonyl (C=O) groups excluding carboxylic acids is 2. The highest BCUT2D eigenvalue weighted by Crippen LogP contribution is 2.27. The van der Waals surface area contributed by atoms with E-state index in [1.807, 2.05) is 47.4 Å². The summed E-state index contributed by atoms with van der Waals surface area (Å²) in [5.74, 6) is 1.44. The number of piperazine rings is 1. The molecule has 9 heteroatoms. The molecule has 1 aromatic heterocycles. The van der Waals surface area contributed by atoms with Gasteiger partial charge in [0.25, 0.3) is 5.91 Å². The lowest BCUT2D eigenvalue weighted by atomic mass is 10.1. The number of thiazole rings is 1. The summed E-state index contributed by atoms with van der Waals surface area (Å²) in [6, 6.07) is 12.9. The first-order valence-corrected chi connectivity index (χ1v) is 11.8. The Balaban J connectivity index is 1.27. The molecule has 8 nitrogen and oxygen atoms in total. The van der Waals surface area contributed by atoms with Crippen molar-refractivity contribution in [1.82, 2.24) is 14.8 Å². The molecule has 0 bridgehead atoms. The number of hydrogen-bond donors (Lipinski definition) is 1. The number of amides is 2. The first-order chi connectivity index (χ1) is 16.0. The summed E-state index contributed by atoms with van der Waals surface area (Å²) in [5.41, 5.74) is 1.43. The van der Waals surface area contributed by atoms with Gasteiger partial charge in [-0.1, -0.05) is 11.3 Å². The molecule has 1 fully saturated rings. The maximum atomic E-state index is 12.8. The number of carbonyl (C=O) groups is 2. The number of aromatic nitrogens is 1. The van der Waals surface area contributed by atoms with Crippen LogP contribution in [0, 0.1) is 0 Å². The van der Waals surface area contributed by atoms with Gasteiger partial charge in [-0.2, -0.15) is 0 Å². The standard InChI is InChI=1S/C24H28N4O4S/c1-27-11-13-28(14-12-27)23(30)17-5-10-20-21(16-17)33-24(25-20)26-22(29)4-3-15-32-19-8-6-18(31-2)7-9-19/h5-10,16H,3-4,11-15H2,1-2H3,(H,25,26,29). The molecule has 1 N–H and O–H groups in total. The van der Waals surface area contributed by atoms with Crippen LogP contribution in [0.15, 0.2) is 42.5 Å². The molecule has 1 aliphatic heterocycles. The Morgan fingerprint density at radius 3 is 2.52 bits per heavy atom. The third-order valence-electron chi connectivity index (χ3n) is 5.55. The summed E-state index contributed by atoms with van der Waals surface area (Å²) < 4.78 is 11.7. The van der Waals surface area contributed by atoms with Crippen molar-refractivity contribution in [2.24, 2.45) is 0 Å². The lowest BCUT2D eigenvalue weighted by Gasteiger charge is -2.32. The molecule has 33 heavy (non-hydrogen) atoms. The minimum absolute atomic E-state index is 0.0424. The third kappa shape index (κ3) is 6.00. The summed E-state index contributed by atoms with van der Waals surface area (Å²) in [5, 5.41) is 3.39. The fourth-order valence-corrected chi connectivity index (χ4v) is 4.50. The quantitative estimate of drug-likeness (QED) is 0.510. The van der Waals surface area contributed by atoms with Crippen LogP contribution < -0.4 is 14.8 Å². The van der Waals surface area contributed by atoms with E-state index in [0.29, 0.717) is 30.1 Å². The van der Waals surface area contributed by atoms with E-state index in [-0.39, 0.29) is 11.8 Å². The number of rotatable bonds is 8. The number of anilines is 1. The number of methoxy groups -OCH3 is 1. The maximum absolute atomic E-state index is 12.8. The Hall–Kier alpha value is -3.17. The molecule has 0 aliphatic carbocycles. The van der Waals surface area contributed by atoms with Gasteiger partial charge in [0.15, 0.2) is 5.13 Å². The Kier molecular flexibility index (Phi) is 7.41. The number of nitrogens with zero attached hydrogens (tertiary/aromatic N) is 3. The first-order valence-electron chi connectivity index (χ1n) is 11.0. The molecule has 3 aromatic rings. The SMILES string of the molecule is COc1ccc(OCCCC(=O)Nc2nc3ccc(C(=O)N4CCN(C)CC4)cc3s2)cc1. The Morgan fingerprint density at radius 1 is 1.06 bits per heavy atom. The number of fused-ring (bicyclic) bond motifs is 1. The average Bonchev–Trinajstić information content (AvgIpc) is 3.23. The van der Waals surface area contributed by atoms with Gasteiger partial charge in [-0.25, -0.2) is 4.98 Å². The van der Waals surface area contributed by atoms with Crippen LogP contribution in [0.4, 0.5) is 5.13 Å². The maximum Gasteiger partial charge on any atom is 0.253 e. The van der Waals surface area contributed by atoms with Crippen LogP contribution in [-0.4, -0.2) is 73.5 Å². The number of likely N-dealkylation sites (N-methyl/N-ethyl adjacent to an activating group) is 1. The Bertz CT molecular complexity index is 1110. The van der Waals surface area contributed by atoms with Crippen molar-refractivity contribution >= 4 is 38.5 Å². The topological polar surface area (TPSA) is 84.0 Å². The second-order valence-corrected chi connectivity index (χ2v) is 9.00. The second-order valence-electron chi connectivity index (χ2n) is 7.97. The molecule has 0 radical (unpaired) electrons. The molecule has 2 aromatic carbocycles. The van der Waals surface area contributed by atoms with Gasteiger partial charge in [0.1, 0.15) is 11.5 Å². The van der Waals surface area contributed by atoms with Crippen LogP contribution in [-0.2, 0) is 4.79 Å². The van der Waals surface area contributed by atoms with Crippen molar-refractivity contribution in [3.63, 3.8) is 0 Å². The Labute approximate surface area is 197 Å². The van der Waals surface area contributed by atoms with E-state index in [9.17, 15) is 9.59 Å². The molecule has 1 aliphatic rings. The minimum Gasteiger partial charge on any atom is -0.497 e. The molecule has 1 saturated heterocycles. The van der Waals surface area contributed by atoms with E-state index in [1.165, 1.54) is 11.3 Å². The largest absolute Gasteiger partial charge is 0.497 e. The summed E-state index contributed by atoms with van der Waals surface area (Å²) in [4.78, 5) is 33.7. The van der Waals surface area contributed by atoms with Gasteiger partial charge in [-0.3, -0.25) is 9.59 Å². The van der Waals surface area contributed by atoms with Crippen LogP contribution in [0.5, 0.6) is 11.5 Å². The van der Waals surface area contributed by atoms with Crippen molar-refractivity contribution in [3.05, 3.63) is 48.0 Å². The van der Waals surface area contributed by atoms with Crippen molar-refractivity contribution in [1.29, 1.82) is 0 Å². The van der Waals surface area contributed by atoms with Gasteiger partial charge in [0, 0.05) is 38.2 Å². The predicted octanol–water partition coefficient (Wildman–Crippen LogP) is 3.49. The highest BCUT2D eigenvalue weighted by molar-refractivity contribution is 7.22.